The van der Waals surface area contributed by atoms with Crippen LogP contribution >= 0.6 is 15.9 Å². The van der Waals surface area contributed by atoms with Gasteiger partial charge >= 0.3 is 5.97 Å². The number of nitrogens with zero attached hydrogens (tertiary/aromatic N) is 1. The number of methoxy groups -OCH3 is 1. The number of benzene rings is 1. The number of anilines is 1. The minimum Gasteiger partial charge on any atom is -0.467 e. The Labute approximate surface area is 133 Å². The molecule has 5 heteroatoms. The van der Waals surface area contributed by atoms with E-state index >= 15 is 0 Å². The number of carbonyl (C=O) groups excluding carboxylic acids is 1. The number of rotatable bonds is 5. The van der Waals surface area contributed by atoms with Gasteiger partial charge in [-0.25, -0.2) is 9.78 Å². The minimum atomic E-state index is -0.396. The fourth-order valence-electron chi connectivity index (χ4n) is 2.28. The quantitative estimate of drug-likeness (QED) is 0.828. The first-order valence-electron chi connectivity index (χ1n) is 6.90. The van der Waals surface area contributed by atoms with Gasteiger partial charge in [0.05, 0.1) is 7.11 Å². The van der Waals surface area contributed by atoms with Crippen LogP contribution in [-0.4, -0.2) is 24.1 Å². The maximum atomic E-state index is 11.9. The number of aromatic nitrogens is 1. The van der Waals surface area contributed by atoms with Crippen LogP contribution < -0.4 is 5.32 Å². The highest BCUT2D eigenvalue weighted by Crippen LogP contribution is 2.28. The molecule has 1 aromatic carbocycles. The summed E-state index contributed by atoms with van der Waals surface area (Å²) in [5.74, 6) is 0.811. The highest BCUT2D eigenvalue weighted by atomic mass is 79.9. The van der Waals surface area contributed by atoms with E-state index in [9.17, 15) is 4.79 Å². The molecule has 1 aromatic heterocycles. The van der Waals surface area contributed by atoms with Crippen molar-refractivity contribution < 1.29 is 9.53 Å². The zero-order valence-electron chi connectivity index (χ0n) is 12.4. The minimum absolute atomic E-state index is 0.266. The summed E-state index contributed by atoms with van der Waals surface area (Å²) in [4.78, 5) is 16.3. The third-order valence-electron chi connectivity index (χ3n) is 3.26. The fourth-order valence-corrected chi connectivity index (χ4v) is 2.77. The Morgan fingerprint density at radius 2 is 2.10 bits per heavy atom. The summed E-state index contributed by atoms with van der Waals surface area (Å²) >= 11 is 3.53. The Kier molecular flexibility index (Phi) is 5.17. The van der Waals surface area contributed by atoms with Crippen LogP contribution in [0, 0.1) is 5.92 Å². The lowest BCUT2D eigenvalue weighted by Crippen LogP contribution is -2.32. The zero-order chi connectivity index (χ0) is 15.4. The van der Waals surface area contributed by atoms with Crippen molar-refractivity contribution in [2.45, 2.75) is 26.3 Å². The molecule has 2 aromatic rings. The van der Waals surface area contributed by atoms with Crippen LogP contribution in [-0.2, 0) is 9.53 Å². The molecule has 0 aliphatic carbocycles. The van der Waals surface area contributed by atoms with Crippen molar-refractivity contribution in [3.63, 3.8) is 0 Å². The van der Waals surface area contributed by atoms with Gasteiger partial charge in [-0.05, 0) is 24.5 Å². The molecule has 0 aliphatic rings. The lowest BCUT2D eigenvalue weighted by Gasteiger charge is -2.19. The van der Waals surface area contributed by atoms with Crippen LogP contribution in [0.5, 0.6) is 0 Å². The molecule has 0 spiro atoms. The lowest BCUT2D eigenvalue weighted by atomic mass is 10.0. The highest BCUT2D eigenvalue weighted by Gasteiger charge is 2.21. The summed E-state index contributed by atoms with van der Waals surface area (Å²) in [6.45, 7) is 4.15. The molecular formula is C16H19BrN2O2. The van der Waals surface area contributed by atoms with Gasteiger partial charge in [0.15, 0.2) is 0 Å². The number of fused-ring (bicyclic) bond motifs is 1. The summed E-state index contributed by atoms with van der Waals surface area (Å²) in [6.07, 6.45) is 2.43. The van der Waals surface area contributed by atoms with E-state index in [1.54, 1.807) is 6.20 Å². The maximum Gasteiger partial charge on any atom is 0.328 e. The molecular weight excluding hydrogens is 332 g/mol. The van der Waals surface area contributed by atoms with Gasteiger partial charge in [-0.2, -0.15) is 0 Å². The average Bonchev–Trinajstić information content (AvgIpc) is 2.46. The number of hydrogen-bond donors (Lipinski definition) is 1. The molecule has 4 nitrogen and oxygen atoms in total. The molecule has 1 N–H and O–H groups in total. The molecule has 2 rings (SSSR count). The number of hydrogen-bond acceptors (Lipinski definition) is 4. The molecule has 112 valence electrons. The van der Waals surface area contributed by atoms with Crippen LogP contribution in [0.15, 0.2) is 34.9 Å². The van der Waals surface area contributed by atoms with E-state index in [0.717, 1.165) is 15.2 Å². The first-order valence-corrected chi connectivity index (χ1v) is 7.69. The van der Waals surface area contributed by atoms with Gasteiger partial charge in [-0.15, -0.1) is 0 Å². The van der Waals surface area contributed by atoms with Crippen molar-refractivity contribution in [3.8, 4) is 0 Å². The maximum absolute atomic E-state index is 11.9. The number of pyridine rings is 1. The van der Waals surface area contributed by atoms with Gasteiger partial charge in [-0.3, -0.25) is 0 Å². The Balaban J connectivity index is 2.36. The molecule has 0 amide bonds. The number of carbonyl (C=O) groups is 1. The third kappa shape index (κ3) is 3.73. The normalized spacial score (nSPS) is 12.4. The zero-order valence-corrected chi connectivity index (χ0v) is 14.0. The first kappa shape index (κ1) is 15.8. The number of esters is 1. The SMILES string of the molecule is COC(=O)C(CC(C)C)Nc1nccc2c(Br)cccc12. The van der Waals surface area contributed by atoms with Crippen LogP contribution in [0.2, 0.25) is 0 Å². The second-order valence-corrected chi connectivity index (χ2v) is 6.20. The molecule has 1 unspecified atom stereocenters. The largest absolute Gasteiger partial charge is 0.467 e. The summed E-state index contributed by atoms with van der Waals surface area (Å²) in [7, 11) is 1.41. The Bertz CT molecular complexity index is 643. The first-order chi connectivity index (χ1) is 10.0. The van der Waals surface area contributed by atoms with Gasteiger partial charge in [0.2, 0.25) is 0 Å². The average molecular weight is 351 g/mol. The molecule has 0 aliphatic heterocycles. The smallest absolute Gasteiger partial charge is 0.328 e. The standard InChI is InChI=1S/C16H19BrN2O2/c1-10(2)9-14(16(20)21-3)19-15-12-5-4-6-13(17)11(12)7-8-18-15/h4-8,10,14H,9H2,1-3H3,(H,18,19). The van der Waals surface area contributed by atoms with Gasteiger partial charge in [-0.1, -0.05) is 41.9 Å². The van der Waals surface area contributed by atoms with Gasteiger partial charge in [0, 0.05) is 21.4 Å². The Morgan fingerprint density at radius 1 is 1.33 bits per heavy atom. The van der Waals surface area contributed by atoms with E-state index in [0.29, 0.717) is 18.2 Å². The summed E-state index contributed by atoms with van der Waals surface area (Å²) < 4.78 is 5.89. The molecule has 0 saturated heterocycles. The van der Waals surface area contributed by atoms with Crippen molar-refractivity contribution in [3.05, 3.63) is 34.9 Å². The van der Waals surface area contributed by atoms with Crippen LogP contribution in [0.1, 0.15) is 20.3 Å². The number of nitrogens with one attached hydrogen (secondary N) is 1. The van der Waals surface area contributed by atoms with Crippen LogP contribution in [0.4, 0.5) is 5.82 Å². The fraction of sp³-hybridized carbons (Fsp3) is 0.375. The van der Waals surface area contributed by atoms with E-state index in [2.05, 4.69) is 40.1 Å². The van der Waals surface area contributed by atoms with E-state index < -0.39 is 6.04 Å². The molecule has 0 radical (unpaired) electrons. The summed E-state index contributed by atoms with van der Waals surface area (Å²) in [5, 5.41) is 5.26. The van der Waals surface area contributed by atoms with Crippen molar-refractivity contribution >= 4 is 38.5 Å². The van der Waals surface area contributed by atoms with Crippen molar-refractivity contribution in [2.75, 3.05) is 12.4 Å². The van der Waals surface area contributed by atoms with Crippen molar-refractivity contribution in [1.82, 2.24) is 4.98 Å². The molecule has 1 heterocycles. The third-order valence-corrected chi connectivity index (χ3v) is 3.95. The number of halogens is 1. The van der Waals surface area contributed by atoms with E-state index in [4.69, 9.17) is 4.74 Å². The molecule has 1 atom stereocenters. The molecule has 0 fully saturated rings. The van der Waals surface area contributed by atoms with Crippen molar-refractivity contribution in [1.29, 1.82) is 0 Å². The molecule has 0 bridgehead atoms. The molecule has 0 saturated carbocycles. The topological polar surface area (TPSA) is 51.2 Å². The Morgan fingerprint density at radius 3 is 2.76 bits per heavy atom. The summed E-state index contributed by atoms with van der Waals surface area (Å²) in [5.41, 5.74) is 0. The van der Waals surface area contributed by atoms with Crippen molar-refractivity contribution in [2.24, 2.45) is 5.92 Å². The van der Waals surface area contributed by atoms with Gasteiger partial charge in [0.25, 0.3) is 0 Å². The Hall–Kier alpha value is -1.62. The second-order valence-electron chi connectivity index (χ2n) is 5.34. The highest BCUT2D eigenvalue weighted by molar-refractivity contribution is 9.10. The second kappa shape index (κ2) is 6.89. The van der Waals surface area contributed by atoms with Gasteiger partial charge in [0.1, 0.15) is 11.9 Å². The van der Waals surface area contributed by atoms with E-state index in [1.165, 1.54) is 7.11 Å². The van der Waals surface area contributed by atoms with E-state index in [-0.39, 0.29) is 5.97 Å². The number of ether oxygens (including phenoxy) is 1. The predicted octanol–water partition coefficient (Wildman–Crippen LogP) is 4.00. The van der Waals surface area contributed by atoms with Gasteiger partial charge < -0.3 is 10.1 Å². The monoisotopic (exact) mass is 350 g/mol. The van der Waals surface area contributed by atoms with Crippen LogP contribution in [0.25, 0.3) is 10.8 Å². The van der Waals surface area contributed by atoms with Crippen LogP contribution in [0.3, 0.4) is 0 Å². The summed E-state index contributed by atoms with van der Waals surface area (Å²) in [6, 6.07) is 7.47. The molecule has 21 heavy (non-hydrogen) atoms. The van der Waals surface area contributed by atoms with E-state index in [1.807, 2.05) is 24.3 Å². The predicted molar refractivity (Wildman–Crippen MR) is 88.3 cm³/mol. The lowest BCUT2D eigenvalue weighted by molar-refractivity contribution is -0.141.